The van der Waals surface area contributed by atoms with E-state index < -0.39 is 17.8 Å². The molecule has 4 rings (SSSR count). The number of hydrogen-bond donors (Lipinski definition) is 2. The van der Waals surface area contributed by atoms with Crippen LogP contribution >= 0.6 is 0 Å². The summed E-state index contributed by atoms with van der Waals surface area (Å²) in [4.78, 5) is 12.2. The van der Waals surface area contributed by atoms with Crippen molar-refractivity contribution in [1.82, 2.24) is 10.2 Å². The van der Waals surface area contributed by atoms with Crippen molar-refractivity contribution in [3.8, 4) is 16.9 Å². The van der Waals surface area contributed by atoms with Gasteiger partial charge in [-0.1, -0.05) is 43.2 Å². The molecule has 0 unspecified atom stereocenters. The minimum atomic E-state index is -2.95. The van der Waals surface area contributed by atoms with Crippen molar-refractivity contribution in [2.45, 2.75) is 45.4 Å². The third-order valence-corrected chi connectivity index (χ3v) is 5.62. The Morgan fingerprint density at radius 1 is 1.09 bits per heavy atom. The molecule has 0 aliphatic carbocycles. The molecule has 4 aromatic rings. The van der Waals surface area contributed by atoms with Crippen LogP contribution in [0, 0.1) is 0 Å². The highest BCUT2D eigenvalue weighted by Crippen LogP contribution is 2.31. The van der Waals surface area contributed by atoms with Crippen molar-refractivity contribution >= 4 is 17.0 Å². The Morgan fingerprint density at radius 2 is 1.88 bits per heavy atom. The van der Waals surface area contributed by atoms with Crippen molar-refractivity contribution in [2.24, 2.45) is 0 Å². The molecule has 2 N–H and O–H groups in total. The third kappa shape index (κ3) is 4.91. The molecule has 0 saturated carbocycles. The van der Waals surface area contributed by atoms with Gasteiger partial charge in [-0.25, -0.2) is 4.79 Å². The highest BCUT2D eigenvalue weighted by molar-refractivity contribution is 5.93. The lowest BCUT2D eigenvalue weighted by molar-refractivity contribution is -0.0498. The van der Waals surface area contributed by atoms with Gasteiger partial charge in [0.15, 0.2) is 0 Å². The Kier molecular flexibility index (Phi) is 6.60. The number of benzene rings is 2. The molecule has 10 heteroatoms. The molecular formula is C24H23F2N3O5. The Morgan fingerprint density at radius 3 is 2.62 bits per heavy atom. The van der Waals surface area contributed by atoms with E-state index >= 15 is 0 Å². The van der Waals surface area contributed by atoms with Gasteiger partial charge in [0.2, 0.25) is 5.89 Å². The van der Waals surface area contributed by atoms with Crippen LogP contribution in [0.4, 0.5) is 14.8 Å². The van der Waals surface area contributed by atoms with E-state index in [9.17, 15) is 18.7 Å². The highest BCUT2D eigenvalue weighted by Gasteiger charge is 2.31. The number of ether oxygens (including phenoxy) is 1. The minimum Gasteiger partial charge on any atom is -0.435 e. The smallest absolute Gasteiger partial charge is 0.387 e. The first-order chi connectivity index (χ1) is 16.3. The number of alkyl halides is 2. The van der Waals surface area contributed by atoms with Gasteiger partial charge in [0.1, 0.15) is 16.9 Å². The molecule has 0 radical (unpaired) electrons. The maximum absolute atomic E-state index is 12.6. The van der Waals surface area contributed by atoms with E-state index in [0.717, 1.165) is 5.56 Å². The van der Waals surface area contributed by atoms with Crippen LogP contribution < -0.4 is 15.7 Å². The fourth-order valence-electron chi connectivity index (χ4n) is 3.61. The monoisotopic (exact) mass is 471 g/mol. The molecule has 0 bridgehead atoms. The summed E-state index contributed by atoms with van der Waals surface area (Å²) >= 11 is 0. The molecule has 2 heterocycles. The fourth-order valence-corrected chi connectivity index (χ4v) is 3.61. The molecule has 34 heavy (non-hydrogen) atoms. The topological polar surface area (TPSA) is 111 Å². The number of nitrogens with one attached hydrogen (secondary N) is 1. The molecule has 0 amide bonds. The number of rotatable bonds is 9. The first kappa shape index (κ1) is 23.4. The van der Waals surface area contributed by atoms with Crippen LogP contribution in [0.5, 0.6) is 5.75 Å². The average molecular weight is 471 g/mol. The largest absolute Gasteiger partial charge is 0.435 e. The summed E-state index contributed by atoms with van der Waals surface area (Å²) in [6.45, 7) is 1.01. The predicted octanol–water partition coefficient (Wildman–Crippen LogP) is 5.06. The van der Waals surface area contributed by atoms with Gasteiger partial charge in [0, 0.05) is 18.0 Å². The third-order valence-electron chi connectivity index (χ3n) is 5.62. The molecule has 0 fully saturated rings. The number of hydrogen-bond acceptors (Lipinski definition) is 8. The summed E-state index contributed by atoms with van der Waals surface area (Å²) in [7, 11) is 0. The Hall–Kier alpha value is -3.79. The van der Waals surface area contributed by atoms with Gasteiger partial charge in [-0.05, 0) is 47.7 Å². The number of nitrogens with zero attached hydrogens (tertiary/aromatic N) is 2. The molecular weight excluding hydrogens is 448 g/mol. The van der Waals surface area contributed by atoms with E-state index in [0.29, 0.717) is 41.5 Å². The second-order valence-electron chi connectivity index (χ2n) is 7.72. The fraction of sp³-hybridized carbons (Fsp3) is 0.292. The predicted molar refractivity (Wildman–Crippen MR) is 121 cm³/mol. The summed E-state index contributed by atoms with van der Waals surface area (Å²) < 4.78 is 40.6. The molecule has 0 saturated heterocycles. The first-order valence-corrected chi connectivity index (χ1v) is 10.7. The lowest BCUT2D eigenvalue weighted by Gasteiger charge is -2.19. The van der Waals surface area contributed by atoms with Crippen LogP contribution in [-0.2, 0) is 12.1 Å². The van der Waals surface area contributed by atoms with E-state index in [1.54, 1.807) is 24.3 Å². The number of anilines is 1. The van der Waals surface area contributed by atoms with Crippen LogP contribution in [0.3, 0.4) is 0 Å². The maximum Gasteiger partial charge on any atom is 0.387 e. The Labute approximate surface area is 193 Å². The van der Waals surface area contributed by atoms with Crippen LogP contribution in [-0.4, -0.2) is 21.9 Å². The summed E-state index contributed by atoms with van der Waals surface area (Å²) in [5, 5.41) is 22.0. The van der Waals surface area contributed by atoms with Gasteiger partial charge < -0.3 is 24.0 Å². The van der Waals surface area contributed by atoms with Gasteiger partial charge in [-0.3, -0.25) is 0 Å². The van der Waals surface area contributed by atoms with Gasteiger partial charge in [-0.15, -0.1) is 5.10 Å². The SMILES string of the molecule is CCC(O)(CC)c1nnc(NCc2ccc3c(-c4cccc(OC(F)F)c4)cc(=O)oc3c2)o1. The van der Waals surface area contributed by atoms with Crippen molar-refractivity contribution in [2.75, 3.05) is 5.32 Å². The zero-order valence-electron chi connectivity index (χ0n) is 18.5. The van der Waals surface area contributed by atoms with Gasteiger partial charge in [-0.2, -0.15) is 8.78 Å². The van der Waals surface area contributed by atoms with E-state index in [-0.39, 0.29) is 17.7 Å². The van der Waals surface area contributed by atoms with Crippen LogP contribution in [0.15, 0.2) is 62.2 Å². The van der Waals surface area contributed by atoms with Gasteiger partial charge >= 0.3 is 18.3 Å². The normalized spacial score (nSPS) is 11.8. The molecule has 8 nitrogen and oxygen atoms in total. The van der Waals surface area contributed by atoms with Crippen LogP contribution in [0.25, 0.3) is 22.1 Å². The molecule has 2 aromatic heterocycles. The second-order valence-corrected chi connectivity index (χ2v) is 7.72. The van der Waals surface area contributed by atoms with Crippen LogP contribution in [0.2, 0.25) is 0 Å². The molecule has 0 aliphatic heterocycles. The summed E-state index contributed by atoms with van der Waals surface area (Å²) in [5.41, 5.74) is 0.425. The Bertz CT molecular complexity index is 1350. The first-order valence-electron chi connectivity index (χ1n) is 10.7. The quantitative estimate of drug-likeness (QED) is 0.326. The van der Waals surface area contributed by atoms with Crippen molar-refractivity contribution in [3.63, 3.8) is 0 Å². The number of fused-ring (bicyclic) bond motifs is 1. The van der Waals surface area contributed by atoms with Crippen LogP contribution in [0.1, 0.15) is 38.1 Å². The van der Waals surface area contributed by atoms with E-state index in [2.05, 4.69) is 20.3 Å². The van der Waals surface area contributed by atoms with Gasteiger partial charge in [0.05, 0.1) is 0 Å². The molecule has 0 spiro atoms. The van der Waals surface area contributed by atoms with E-state index in [1.165, 1.54) is 18.2 Å². The highest BCUT2D eigenvalue weighted by atomic mass is 19.3. The van der Waals surface area contributed by atoms with Gasteiger partial charge in [0.25, 0.3) is 0 Å². The zero-order valence-corrected chi connectivity index (χ0v) is 18.5. The standard InChI is InChI=1S/C24H23F2N3O5/c1-3-24(31,4-2)21-28-29-23(34-21)27-13-14-8-9-17-18(12-20(30)33-19(17)10-14)15-6-5-7-16(11-15)32-22(25)26/h5-12,22,31H,3-4,13H2,1-2H3,(H,27,29). The number of halogens is 2. The number of aromatic nitrogens is 2. The maximum atomic E-state index is 12.6. The zero-order chi connectivity index (χ0) is 24.3. The van der Waals surface area contributed by atoms with Crippen molar-refractivity contribution < 1.29 is 27.5 Å². The lowest BCUT2D eigenvalue weighted by Crippen LogP contribution is -2.23. The molecule has 0 atom stereocenters. The van der Waals surface area contributed by atoms with E-state index in [4.69, 9.17) is 8.83 Å². The molecule has 178 valence electrons. The van der Waals surface area contributed by atoms with E-state index in [1.807, 2.05) is 19.9 Å². The van der Waals surface area contributed by atoms with Crippen molar-refractivity contribution in [1.29, 1.82) is 0 Å². The molecule has 0 aliphatic rings. The summed E-state index contributed by atoms with van der Waals surface area (Å²) in [5.74, 6) is 0.138. The summed E-state index contributed by atoms with van der Waals surface area (Å²) in [6.07, 6.45) is 0.878. The molecule has 2 aromatic carbocycles. The second kappa shape index (κ2) is 9.60. The summed E-state index contributed by atoms with van der Waals surface area (Å²) in [6, 6.07) is 12.9. The average Bonchev–Trinajstić information content (AvgIpc) is 3.31. The lowest BCUT2D eigenvalue weighted by atomic mass is 9.98. The van der Waals surface area contributed by atoms with Crippen molar-refractivity contribution in [3.05, 3.63) is 70.4 Å². The Balaban J connectivity index is 1.59. The number of aliphatic hydroxyl groups is 1. The minimum absolute atomic E-state index is 0.00770.